The lowest BCUT2D eigenvalue weighted by Gasteiger charge is -2.47. The van der Waals surface area contributed by atoms with Crippen LogP contribution >= 0.6 is 0 Å². The third-order valence-corrected chi connectivity index (χ3v) is 5.65. The van der Waals surface area contributed by atoms with Gasteiger partial charge in [-0.2, -0.15) is 0 Å². The Kier molecular flexibility index (Phi) is 3.03. The third kappa shape index (κ3) is 2.14. The SMILES string of the molecule is COc1ccc2c(c1)[C@@H]1C[C@H](C2)N(CC2CC2)C[C@@H]1C. The number of hydrogen-bond donors (Lipinski definition) is 0. The highest BCUT2D eigenvalue weighted by atomic mass is 16.5. The monoisotopic (exact) mass is 271 g/mol. The summed E-state index contributed by atoms with van der Waals surface area (Å²) in [5.41, 5.74) is 3.14. The van der Waals surface area contributed by atoms with Crippen molar-refractivity contribution in [2.45, 2.75) is 44.6 Å². The highest BCUT2D eigenvalue weighted by Crippen LogP contribution is 2.45. The molecule has 20 heavy (non-hydrogen) atoms. The largest absolute Gasteiger partial charge is 0.497 e. The molecule has 4 rings (SSSR count). The van der Waals surface area contributed by atoms with E-state index in [-0.39, 0.29) is 0 Å². The zero-order chi connectivity index (χ0) is 13.7. The van der Waals surface area contributed by atoms with Gasteiger partial charge >= 0.3 is 0 Å². The van der Waals surface area contributed by atoms with Crippen molar-refractivity contribution in [1.82, 2.24) is 4.90 Å². The number of ether oxygens (including phenoxy) is 1. The summed E-state index contributed by atoms with van der Waals surface area (Å²) in [6.07, 6.45) is 5.53. The molecule has 1 heterocycles. The molecule has 0 spiro atoms. The second-order valence-corrected chi connectivity index (χ2v) is 7.14. The van der Waals surface area contributed by atoms with Gasteiger partial charge in [0, 0.05) is 19.1 Å². The molecule has 0 amide bonds. The molecule has 108 valence electrons. The summed E-state index contributed by atoms with van der Waals surface area (Å²) in [6, 6.07) is 7.53. The van der Waals surface area contributed by atoms with E-state index < -0.39 is 0 Å². The van der Waals surface area contributed by atoms with Gasteiger partial charge in [-0.3, -0.25) is 4.90 Å². The molecular formula is C18H25NO. The van der Waals surface area contributed by atoms with Crippen molar-refractivity contribution in [2.75, 3.05) is 20.2 Å². The van der Waals surface area contributed by atoms with E-state index in [1.807, 2.05) is 0 Å². The standard InChI is InChI=1S/C18H25NO/c1-12-10-19(11-13-3-4-13)15-7-14-5-6-16(20-2)9-18(14)17(12)8-15/h5-6,9,12-13,15,17H,3-4,7-8,10-11H2,1-2H3/t12-,15-,17+/m0/s1. The van der Waals surface area contributed by atoms with Gasteiger partial charge in [-0.1, -0.05) is 13.0 Å². The predicted molar refractivity (Wildman–Crippen MR) is 81.3 cm³/mol. The fourth-order valence-electron chi connectivity index (χ4n) is 4.31. The summed E-state index contributed by atoms with van der Waals surface area (Å²) in [5, 5.41) is 0. The van der Waals surface area contributed by atoms with Crippen LogP contribution < -0.4 is 4.74 Å². The van der Waals surface area contributed by atoms with Gasteiger partial charge in [0.2, 0.25) is 0 Å². The van der Waals surface area contributed by atoms with Gasteiger partial charge in [-0.25, -0.2) is 0 Å². The Morgan fingerprint density at radius 1 is 1.30 bits per heavy atom. The molecule has 1 saturated carbocycles. The molecule has 2 fully saturated rings. The van der Waals surface area contributed by atoms with E-state index in [1.54, 1.807) is 18.2 Å². The number of piperidine rings is 1. The van der Waals surface area contributed by atoms with Gasteiger partial charge in [-0.05, 0) is 66.7 Å². The fraction of sp³-hybridized carbons (Fsp3) is 0.667. The van der Waals surface area contributed by atoms with Gasteiger partial charge in [0.05, 0.1) is 7.11 Å². The molecule has 1 saturated heterocycles. The molecule has 0 radical (unpaired) electrons. The smallest absolute Gasteiger partial charge is 0.119 e. The minimum atomic E-state index is 0.745. The van der Waals surface area contributed by atoms with Gasteiger partial charge in [-0.15, -0.1) is 0 Å². The zero-order valence-electron chi connectivity index (χ0n) is 12.6. The maximum absolute atomic E-state index is 5.42. The maximum Gasteiger partial charge on any atom is 0.119 e. The lowest BCUT2D eigenvalue weighted by atomic mass is 9.70. The van der Waals surface area contributed by atoms with Gasteiger partial charge in [0.15, 0.2) is 0 Å². The molecule has 0 aromatic heterocycles. The normalized spacial score (nSPS) is 32.8. The average Bonchev–Trinajstić information content (AvgIpc) is 3.27. The molecule has 3 aliphatic rings. The van der Waals surface area contributed by atoms with E-state index >= 15 is 0 Å². The first-order valence-electron chi connectivity index (χ1n) is 8.15. The van der Waals surface area contributed by atoms with Gasteiger partial charge in [0.1, 0.15) is 5.75 Å². The van der Waals surface area contributed by atoms with Crippen molar-refractivity contribution in [2.24, 2.45) is 11.8 Å². The lowest BCUT2D eigenvalue weighted by molar-refractivity contribution is 0.0823. The second kappa shape index (κ2) is 4.77. The lowest BCUT2D eigenvalue weighted by Crippen LogP contribution is -2.50. The Bertz CT molecular complexity index is 508. The fourth-order valence-corrected chi connectivity index (χ4v) is 4.31. The third-order valence-electron chi connectivity index (χ3n) is 5.65. The summed E-state index contributed by atoms with van der Waals surface area (Å²) in [5.74, 6) is 3.55. The van der Waals surface area contributed by atoms with Crippen LogP contribution in [0.1, 0.15) is 43.2 Å². The van der Waals surface area contributed by atoms with Crippen molar-refractivity contribution in [3.8, 4) is 5.75 Å². The highest BCUT2D eigenvalue weighted by Gasteiger charge is 2.40. The Morgan fingerprint density at radius 3 is 2.90 bits per heavy atom. The van der Waals surface area contributed by atoms with Crippen LogP contribution in [0.5, 0.6) is 5.75 Å². The molecule has 1 aromatic rings. The summed E-state index contributed by atoms with van der Waals surface area (Å²) in [7, 11) is 1.77. The van der Waals surface area contributed by atoms with Crippen LogP contribution in [0.3, 0.4) is 0 Å². The summed E-state index contributed by atoms with van der Waals surface area (Å²) in [6.45, 7) is 5.09. The molecule has 2 aliphatic carbocycles. The van der Waals surface area contributed by atoms with E-state index in [0.717, 1.165) is 29.5 Å². The number of likely N-dealkylation sites (tertiary alicyclic amines) is 1. The number of nitrogens with zero attached hydrogens (tertiary/aromatic N) is 1. The quantitative estimate of drug-likeness (QED) is 0.835. The summed E-state index contributed by atoms with van der Waals surface area (Å²) >= 11 is 0. The van der Waals surface area contributed by atoms with Crippen LogP contribution in [-0.2, 0) is 6.42 Å². The molecular weight excluding hydrogens is 246 g/mol. The molecule has 1 aliphatic heterocycles. The van der Waals surface area contributed by atoms with Crippen molar-refractivity contribution >= 4 is 0 Å². The summed E-state index contributed by atoms with van der Waals surface area (Å²) < 4.78 is 5.42. The molecule has 0 N–H and O–H groups in total. The van der Waals surface area contributed by atoms with E-state index in [2.05, 4.69) is 30.0 Å². The molecule has 0 unspecified atom stereocenters. The van der Waals surface area contributed by atoms with E-state index in [1.165, 1.54) is 38.8 Å². The van der Waals surface area contributed by atoms with Gasteiger partial charge < -0.3 is 4.74 Å². The minimum absolute atomic E-state index is 0.745. The number of rotatable bonds is 3. The van der Waals surface area contributed by atoms with Crippen LogP contribution in [0.4, 0.5) is 0 Å². The molecule has 1 aromatic carbocycles. The zero-order valence-corrected chi connectivity index (χ0v) is 12.6. The number of methoxy groups -OCH3 is 1. The van der Waals surface area contributed by atoms with Crippen molar-refractivity contribution in [3.63, 3.8) is 0 Å². The predicted octanol–water partition coefficient (Wildman–Crippen LogP) is 3.46. The molecule has 2 nitrogen and oxygen atoms in total. The Balaban J connectivity index is 1.63. The number of benzene rings is 1. The van der Waals surface area contributed by atoms with Crippen LogP contribution in [0.2, 0.25) is 0 Å². The molecule has 2 bridgehead atoms. The first kappa shape index (κ1) is 12.7. The van der Waals surface area contributed by atoms with Gasteiger partial charge in [0.25, 0.3) is 0 Å². The molecule has 3 atom stereocenters. The van der Waals surface area contributed by atoms with Crippen LogP contribution in [-0.4, -0.2) is 31.1 Å². The van der Waals surface area contributed by atoms with E-state index in [0.29, 0.717) is 0 Å². The average molecular weight is 271 g/mol. The van der Waals surface area contributed by atoms with Crippen LogP contribution in [0.25, 0.3) is 0 Å². The first-order valence-corrected chi connectivity index (χ1v) is 8.15. The highest BCUT2D eigenvalue weighted by molar-refractivity contribution is 5.41. The Labute approximate surface area is 122 Å². The van der Waals surface area contributed by atoms with E-state index in [9.17, 15) is 0 Å². The second-order valence-electron chi connectivity index (χ2n) is 7.14. The van der Waals surface area contributed by atoms with Crippen LogP contribution in [0, 0.1) is 11.8 Å². The van der Waals surface area contributed by atoms with Crippen LogP contribution in [0.15, 0.2) is 18.2 Å². The van der Waals surface area contributed by atoms with Crippen molar-refractivity contribution in [1.29, 1.82) is 0 Å². The number of fused-ring (bicyclic) bond motifs is 4. The Morgan fingerprint density at radius 2 is 2.15 bits per heavy atom. The van der Waals surface area contributed by atoms with Crippen molar-refractivity contribution in [3.05, 3.63) is 29.3 Å². The molecule has 2 heteroatoms. The number of hydrogen-bond acceptors (Lipinski definition) is 2. The maximum atomic E-state index is 5.42. The topological polar surface area (TPSA) is 12.5 Å². The Hall–Kier alpha value is -1.02. The minimum Gasteiger partial charge on any atom is -0.497 e. The summed E-state index contributed by atoms with van der Waals surface area (Å²) in [4.78, 5) is 2.80. The van der Waals surface area contributed by atoms with E-state index in [4.69, 9.17) is 4.74 Å². The van der Waals surface area contributed by atoms with Crippen molar-refractivity contribution < 1.29 is 4.74 Å². The first-order chi connectivity index (χ1) is 9.74.